The molecule has 0 bridgehead atoms. The van der Waals surface area contributed by atoms with Gasteiger partial charge in [-0.1, -0.05) is 97.1 Å². The van der Waals surface area contributed by atoms with Gasteiger partial charge in [0.1, 0.15) is 5.01 Å². The smallest absolute Gasteiger partial charge is 0.317 e. The van der Waals surface area contributed by atoms with Gasteiger partial charge in [0.15, 0.2) is 0 Å². The van der Waals surface area contributed by atoms with Gasteiger partial charge in [-0.25, -0.2) is 4.98 Å². The maximum absolute atomic E-state index is 11.4. The number of hydrogen-bond donors (Lipinski definition) is 2. The van der Waals surface area contributed by atoms with E-state index in [0.717, 1.165) is 40.5 Å². The molecule has 0 aliphatic rings. The van der Waals surface area contributed by atoms with Crippen molar-refractivity contribution < 1.29 is 9.90 Å². The van der Waals surface area contributed by atoms with Crippen molar-refractivity contribution in [1.29, 1.82) is 0 Å². The molecule has 0 saturated carbocycles. The zero-order chi connectivity index (χ0) is 26.9. The number of nitrogens with zero attached hydrogens (tertiary/aromatic N) is 2. The van der Waals surface area contributed by atoms with Crippen LogP contribution in [0.1, 0.15) is 16.1 Å². The summed E-state index contributed by atoms with van der Waals surface area (Å²) in [6.45, 7) is 1.89. The molecule has 0 unspecified atom stereocenters. The van der Waals surface area contributed by atoms with Crippen molar-refractivity contribution in [2.75, 3.05) is 18.4 Å². The number of thiazole rings is 1. The summed E-state index contributed by atoms with van der Waals surface area (Å²) in [5, 5.41) is 15.8. The highest BCUT2D eigenvalue weighted by Crippen LogP contribution is 2.25. The lowest BCUT2D eigenvalue weighted by molar-refractivity contribution is -0.138. The first kappa shape index (κ1) is 26.4. The van der Waals surface area contributed by atoms with Gasteiger partial charge in [0.05, 0.1) is 18.8 Å². The van der Waals surface area contributed by atoms with Crippen molar-refractivity contribution in [2.45, 2.75) is 19.5 Å². The van der Waals surface area contributed by atoms with Crippen molar-refractivity contribution in [3.63, 3.8) is 0 Å². The second-order valence-electron chi connectivity index (χ2n) is 9.47. The highest BCUT2D eigenvalue weighted by Gasteiger charge is 2.14. The molecule has 0 spiro atoms. The summed E-state index contributed by atoms with van der Waals surface area (Å²) >= 11 is 1.56. The van der Waals surface area contributed by atoms with Crippen LogP contribution in [0.2, 0.25) is 0 Å². The molecule has 0 fully saturated rings. The summed E-state index contributed by atoms with van der Waals surface area (Å²) in [5.74, 6) is -0.838. The normalized spacial score (nSPS) is 11.0. The van der Waals surface area contributed by atoms with Crippen LogP contribution in [0.5, 0.6) is 0 Å². The van der Waals surface area contributed by atoms with Crippen molar-refractivity contribution in [3.05, 3.63) is 131 Å². The fourth-order valence-electron chi connectivity index (χ4n) is 4.51. The molecular weight excluding hydrogens is 502 g/mol. The minimum atomic E-state index is -0.838. The van der Waals surface area contributed by atoms with Crippen LogP contribution in [0.3, 0.4) is 0 Å². The van der Waals surface area contributed by atoms with Gasteiger partial charge in [-0.15, -0.1) is 11.3 Å². The van der Waals surface area contributed by atoms with Crippen LogP contribution < -0.4 is 5.32 Å². The molecule has 1 heterocycles. The van der Waals surface area contributed by atoms with Crippen molar-refractivity contribution in [1.82, 2.24) is 9.88 Å². The highest BCUT2D eigenvalue weighted by atomic mass is 32.1. The second kappa shape index (κ2) is 13.0. The van der Waals surface area contributed by atoms with E-state index in [-0.39, 0.29) is 6.54 Å². The number of carbonyl (C=O) groups is 1. The number of benzene rings is 4. The van der Waals surface area contributed by atoms with E-state index in [9.17, 15) is 9.90 Å². The molecule has 2 N–H and O–H groups in total. The van der Waals surface area contributed by atoms with Gasteiger partial charge >= 0.3 is 5.97 Å². The molecule has 0 aliphatic heterocycles. The van der Waals surface area contributed by atoms with Crippen LogP contribution in [-0.4, -0.2) is 34.0 Å². The van der Waals surface area contributed by atoms with Gasteiger partial charge in [-0.2, -0.15) is 0 Å². The lowest BCUT2D eigenvalue weighted by atomic mass is 10.0. The van der Waals surface area contributed by atoms with E-state index in [1.165, 1.54) is 16.7 Å². The topological polar surface area (TPSA) is 65.5 Å². The monoisotopic (exact) mass is 533 g/mol. The molecular formula is C33H31N3O2S. The predicted molar refractivity (Wildman–Crippen MR) is 160 cm³/mol. The molecule has 0 radical (unpaired) electrons. The molecule has 5 nitrogen and oxygen atoms in total. The van der Waals surface area contributed by atoms with E-state index in [1.54, 1.807) is 11.3 Å². The Morgan fingerprint density at radius 1 is 0.744 bits per heavy atom. The SMILES string of the molecule is O=C(O)CN(Cc1ccccc1)Cc1nc(-c2ccc(NCCc3ccc(-c4ccccc4)cc3)cc2)cs1. The minimum Gasteiger partial charge on any atom is -0.480 e. The fraction of sp³-hybridized carbons (Fsp3) is 0.152. The number of carboxylic acid groups (broad SMARTS) is 1. The molecule has 0 aliphatic carbocycles. The lowest BCUT2D eigenvalue weighted by Gasteiger charge is -2.19. The predicted octanol–water partition coefficient (Wildman–Crippen LogP) is 7.22. The first-order valence-electron chi connectivity index (χ1n) is 13.0. The van der Waals surface area contributed by atoms with Gasteiger partial charge in [0, 0.05) is 29.7 Å². The number of anilines is 1. The molecule has 0 atom stereocenters. The second-order valence-corrected chi connectivity index (χ2v) is 10.4. The van der Waals surface area contributed by atoms with E-state index in [4.69, 9.17) is 4.98 Å². The Morgan fingerprint density at radius 2 is 1.38 bits per heavy atom. The average Bonchev–Trinajstić information content (AvgIpc) is 3.43. The van der Waals surface area contributed by atoms with Gasteiger partial charge in [-0.3, -0.25) is 9.69 Å². The molecule has 1 aromatic heterocycles. The quantitative estimate of drug-likeness (QED) is 0.177. The Kier molecular flexibility index (Phi) is 8.79. The molecule has 5 rings (SSSR count). The Hall–Kier alpha value is -4.26. The van der Waals surface area contributed by atoms with E-state index in [0.29, 0.717) is 13.1 Å². The van der Waals surface area contributed by atoms with Gasteiger partial charge in [0.2, 0.25) is 0 Å². The Morgan fingerprint density at radius 3 is 2.08 bits per heavy atom. The minimum absolute atomic E-state index is 0.0264. The number of rotatable bonds is 12. The zero-order valence-electron chi connectivity index (χ0n) is 21.7. The third-order valence-electron chi connectivity index (χ3n) is 6.50. The van der Waals surface area contributed by atoms with Gasteiger partial charge < -0.3 is 10.4 Å². The molecule has 196 valence electrons. The summed E-state index contributed by atoms with van der Waals surface area (Å²) in [4.78, 5) is 18.1. The van der Waals surface area contributed by atoms with E-state index < -0.39 is 5.97 Å². The Bertz CT molecular complexity index is 1470. The lowest BCUT2D eigenvalue weighted by Crippen LogP contribution is -2.28. The standard InChI is InChI=1S/C33H31N3O2S/c37-33(38)23-36(21-26-7-3-1-4-8-26)22-32-35-31(24-39-32)29-15-17-30(18-16-29)34-20-19-25-11-13-28(14-12-25)27-9-5-2-6-10-27/h1-18,24,34H,19-23H2,(H,37,38). The van der Waals surface area contributed by atoms with Crippen LogP contribution in [0.4, 0.5) is 5.69 Å². The van der Waals surface area contributed by atoms with E-state index >= 15 is 0 Å². The first-order valence-corrected chi connectivity index (χ1v) is 13.9. The van der Waals surface area contributed by atoms with Crippen molar-refractivity contribution >= 4 is 23.0 Å². The number of carboxylic acids is 1. The van der Waals surface area contributed by atoms with E-state index in [1.807, 2.05) is 46.7 Å². The van der Waals surface area contributed by atoms with Crippen LogP contribution in [0.15, 0.2) is 115 Å². The maximum atomic E-state index is 11.4. The van der Waals surface area contributed by atoms with Crippen LogP contribution in [0, 0.1) is 0 Å². The average molecular weight is 534 g/mol. The fourth-order valence-corrected chi connectivity index (χ4v) is 5.36. The van der Waals surface area contributed by atoms with Crippen molar-refractivity contribution in [3.8, 4) is 22.4 Å². The molecule has 6 heteroatoms. The van der Waals surface area contributed by atoms with Crippen LogP contribution in [-0.2, 0) is 24.3 Å². The molecule has 39 heavy (non-hydrogen) atoms. The number of aromatic nitrogens is 1. The summed E-state index contributed by atoms with van der Waals surface area (Å²) in [6.07, 6.45) is 0.947. The molecule has 5 aromatic rings. The van der Waals surface area contributed by atoms with Crippen LogP contribution in [0.25, 0.3) is 22.4 Å². The maximum Gasteiger partial charge on any atom is 0.317 e. The number of nitrogens with one attached hydrogen (secondary N) is 1. The third kappa shape index (κ3) is 7.63. The van der Waals surface area contributed by atoms with Gasteiger partial charge in [-0.05, 0) is 40.8 Å². The first-order chi connectivity index (χ1) is 19.1. The van der Waals surface area contributed by atoms with Gasteiger partial charge in [0.25, 0.3) is 0 Å². The highest BCUT2D eigenvalue weighted by molar-refractivity contribution is 7.09. The summed E-state index contributed by atoms with van der Waals surface area (Å²) in [6, 6.07) is 37.4. The number of aliphatic carboxylic acids is 1. The Balaban J connectivity index is 1.14. The van der Waals surface area contributed by atoms with Crippen molar-refractivity contribution in [2.24, 2.45) is 0 Å². The number of hydrogen-bond acceptors (Lipinski definition) is 5. The Labute approximate surface area is 233 Å². The molecule has 4 aromatic carbocycles. The zero-order valence-corrected chi connectivity index (χ0v) is 22.5. The summed E-state index contributed by atoms with van der Waals surface area (Å²) in [7, 11) is 0. The summed E-state index contributed by atoms with van der Waals surface area (Å²) in [5.41, 5.74) is 7.90. The third-order valence-corrected chi connectivity index (χ3v) is 7.34. The van der Waals surface area contributed by atoms with E-state index in [2.05, 4.69) is 78.1 Å². The largest absolute Gasteiger partial charge is 0.480 e. The van der Waals surface area contributed by atoms with Crippen LogP contribution >= 0.6 is 11.3 Å². The molecule has 0 saturated heterocycles. The summed E-state index contributed by atoms with van der Waals surface area (Å²) < 4.78 is 0. The molecule has 0 amide bonds.